The first-order chi connectivity index (χ1) is 17.9. The summed E-state index contributed by atoms with van der Waals surface area (Å²) in [5.41, 5.74) is 4.15. The van der Waals surface area contributed by atoms with Crippen molar-refractivity contribution in [1.29, 1.82) is 0 Å². The molecule has 2 aromatic heterocycles. The summed E-state index contributed by atoms with van der Waals surface area (Å²) in [4.78, 5) is 34.6. The maximum atomic E-state index is 13.2. The highest BCUT2D eigenvalue weighted by Gasteiger charge is 2.24. The van der Waals surface area contributed by atoms with Gasteiger partial charge in [0.1, 0.15) is 11.8 Å². The van der Waals surface area contributed by atoms with Crippen molar-refractivity contribution in [3.05, 3.63) is 78.1 Å². The molecule has 0 aliphatic heterocycles. The number of carbonyl (C=O) groups is 2. The van der Waals surface area contributed by atoms with E-state index in [2.05, 4.69) is 25.7 Å². The summed E-state index contributed by atoms with van der Waals surface area (Å²) in [7, 11) is 1.59. The van der Waals surface area contributed by atoms with Crippen LogP contribution in [0.2, 0.25) is 0 Å². The zero-order valence-electron chi connectivity index (χ0n) is 21.1. The van der Waals surface area contributed by atoms with E-state index in [0.717, 1.165) is 22.4 Å². The highest BCUT2D eigenvalue weighted by atomic mass is 32.2. The third-order valence-corrected chi connectivity index (χ3v) is 6.66. The third kappa shape index (κ3) is 6.34. The first kappa shape index (κ1) is 25.9. The molecule has 2 aromatic carbocycles. The summed E-state index contributed by atoms with van der Waals surface area (Å²) in [5, 5.41) is 11.0. The molecule has 1 atom stereocenters. The van der Waals surface area contributed by atoms with Crippen LogP contribution in [0.1, 0.15) is 24.1 Å². The smallest absolute Gasteiger partial charge is 0.249 e. The van der Waals surface area contributed by atoms with E-state index >= 15 is 0 Å². The van der Waals surface area contributed by atoms with Crippen LogP contribution in [-0.2, 0) is 9.59 Å². The van der Waals surface area contributed by atoms with Crippen molar-refractivity contribution in [2.24, 2.45) is 0 Å². The van der Waals surface area contributed by atoms with Crippen LogP contribution in [-0.4, -0.2) is 44.4 Å². The molecule has 2 heterocycles. The second-order valence-electron chi connectivity index (χ2n) is 8.40. The fourth-order valence-corrected chi connectivity index (χ4v) is 4.45. The van der Waals surface area contributed by atoms with E-state index in [-0.39, 0.29) is 17.6 Å². The quantitative estimate of drug-likeness (QED) is 0.305. The summed E-state index contributed by atoms with van der Waals surface area (Å²) in [6, 6.07) is 15.9. The Morgan fingerprint density at radius 2 is 1.68 bits per heavy atom. The summed E-state index contributed by atoms with van der Waals surface area (Å²) in [6.45, 7) is 5.66. The van der Waals surface area contributed by atoms with E-state index in [1.165, 1.54) is 11.8 Å². The molecule has 0 radical (unpaired) electrons. The Bertz CT molecular complexity index is 1370. The van der Waals surface area contributed by atoms with Crippen molar-refractivity contribution >= 4 is 35.0 Å². The molecule has 4 aromatic rings. The van der Waals surface area contributed by atoms with Gasteiger partial charge in [-0.2, -0.15) is 0 Å². The van der Waals surface area contributed by atoms with E-state index < -0.39 is 6.04 Å². The average Bonchev–Trinajstić information content (AvgIpc) is 3.34. The highest BCUT2D eigenvalue weighted by molar-refractivity contribution is 7.99. The normalized spacial score (nSPS) is 11.6. The number of rotatable bonds is 9. The molecule has 0 aliphatic rings. The number of hydrogen-bond acceptors (Lipinski definition) is 7. The lowest BCUT2D eigenvalue weighted by molar-refractivity contribution is -0.119. The van der Waals surface area contributed by atoms with Crippen LogP contribution in [0.3, 0.4) is 0 Å². The van der Waals surface area contributed by atoms with Crippen LogP contribution >= 0.6 is 11.8 Å². The van der Waals surface area contributed by atoms with Crippen LogP contribution in [0.25, 0.3) is 11.4 Å². The molecule has 0 unspecified atom stereocenters. The molecule has 9 nitrogen and oxygen atoms in total. The topological polar surface area (TPSA) is 111 Å². The zero-order valence-corrected chi connectivity index (χ0v) is 21.9. The van der Waals surface area contributed by atoms with Gasteiger partial charge in [-0.1, -0.05) is 30.0 Å². The summed E-state index contributed by atoms with van der Waals surface area (Å²) < 4.78 is 6.71. The Kier molecular flexibility index (Phi) is 8.19. The average molecular weight is 517 g/mol. The van der Waals surface area contributed by atoms with Crippen LogP contribution in [0, 0.1) is 13.8 Å². The third-order valence-electron chi connectivity index (χ3n) is 5.72. The SMILES string of the molecule is COc1ccc(NC(=O)CSc2nc(-c3ccncc3)nn2[C@H](C)C(=O)Nc2c(C)cccc2C)cc1. The number of benzene rings is 2. The predicted octanol–water partition coefficient (Wildman–Crippen LogP) is 4.90. The lowest BCUT2D eigenvalue weighted by atomic mass is 10.1. The van der Waals surface area contributed by atoms with Gasteiger partial charge in [0.05, 0.1) is 12.9 Å². The van der Waals surface area contributed by atoms with E-state index in [1.54, 1.807) is 67.5 Å². The number of amides is 2. The van der Waals surface area contributed by atoms with Crippen LogP contribution in [0.15, 0.2) is 72.1 Å². The standard InChI is InChI=1S/C27H28N6O3S/c1-17-6-5-7-18(2)24(17)30-26(35)19(3)33-27(31-25(32-33)20-12-14-28-15-13-20)37-16-23(34)29-21-8-10-22(36-4)11-9-21/h5-15,19H,16H2,1-4H3,(H,29,34)(H,30,35)/t19-/m1/s1. The Morgan fingerprint density at radius 1 is 1.00 bits per heavy atom. The van der Waals surface area contributed by atoms with Gasteiger partial charge < -0.3 is 15.4 Å². The Morgan fingerprint density at radius 3 is 2.32 bits per heavy atom. The van der Waals surface area contributed by atoms with Gasteiger partial charge in [-0.15, -0.1) is 5.10 Å². The zero-order chi connectivity index (χ0) is 26.4. The maximum Gasteiger partial charge on any atom is 0.249 e. The lowest BCUT2D eigenvalue weighted by Gasteiger charge is -2.17. The van der Waals surface area contributed by atoms with Gasteiger partial charge in [0, 0.05) is 29.3 Å². The number of thioether (sulfide) groups is 1. The Balaban J connectivity index is 1.53. The molecule has 2 amide bonds. The number of aromatic nitrogens is 4. The molecule has 0 saturated heterocycles. The highest BCUT2D eigenvalue weighted by Crippen LogP contribution is 2.27. The number of hydrogen-bond donors (Lipinski definition) is 2. The van der Waals surface area contributed by atoms with Gasteiger partial charge in [-0.05, 0) is 68.3 Å². The molecule has 190 valence electrons. The Labute approximate surface area is 219 Å². The lowest BCUT2D eigenvalue weighted by Crippen LogP contribution is -2.26. The number of aryl methyl sites for hydroxylation is 2. The van der Waals surface area contributed by atoms with E-state index in [1.807, 2.05) is 32.0 Å². The summed E-state index contributed by atoms with van der Waals surface area (Å²) in [6.07, 6.45) is 3.31. The Hall–Kier alpha value is -4.18. The number of anilines is 2. The maximum absolute atomic E-state index is 13.2. The van der Waals surface area contributed by atoms with Crippen LogP contribution < -0.4 is 15.4 Å². The van der Waals surface area contributed by atoms with Crippen molar-refractivity contribution < 1.29 is 14.3 Å². The minimum Gasteiger partial charge on any atom is -0.497 e. The van der Waals surface area contributed by atoms with Crippen molar-refractivity contribution in [2.45, 2.75) is 32.0 Å². The number of carbonyl (C=O) groups excluding carboxylic acids is 2. The van der Waals surface area contributed by atoms with Gasteiger partial charge >= 0.3 is 0 Å². The molecule has 0 aliphatic carbocycles. The van der Waals surface area contributed by atoms with Gasteiger partial charge in [-0.25, -0.2) is 9.67 Å². The van der Waals surface area contributed by atoms with Gasteiger partial charge in [-0.3, -0.25) is 14.6 Å². The second kappa shape index (κ2) is 11.7. The molecular formula is C27H28N6O3S. The van der Waals surface area contributed by atoms with Crippen molar-refractivity contribution in [3.63, 3.8) is 0 Å². The molecule has 0 bridgehead atoms. The number of pyridine rings is 1. The fraction of sp³-hybridized carbons (Fsp3) is 0.222. The molecule has 37 heavy (non-hydrogen) atoms. The molecule has 0 fully saturated rings. The van der Waals surface area contributed by atoms with Gasteiger partial charge in [0.25, 0.3) is 0 Å². The minimum absolute atomic E-state index is 0.0890. The first-order valence-electron chi connectivity index (χ1n) is 11.7. The van der Waals surface area contributed by atoms with E-state index in [9.17, 15) is 9.59 Å². The molecule has 4 rings (SSSR count). The number of para-hydroxylation sites is 1. The van der Waals surface area contributed by atoms with Crippen molar-refractivity contribution in [3.8, 4) is 17.1 Å². The molecule has 0 spiro atoms. The number of ether oxygens (including phenoxy) is 1. The van der Waals surface area contributed by atoms with Gasteiger partial charge in [0.2, 0.25) is 11.8 Å². The van der Waals surface area contributed by atoms with Crippen molar-refractivity contribution in [2.75, 3.05) is 23.5 Å². The van der Waals surface area contributed by atoms with Crippen LogP contribution in [0.5, 0.6) is 5.75 Å². The monoisotopic (exact) mass is 516 g/mol. The van der Waals surface area contributed by atoms with E-state index in [0.29, 0.717) is 22.4 Å². The minimum atomic E-state index is -0.672. The number of nitrogens with one attached hydrogen (secondary N) is 2. The fourth-order valence-electron chi connectivity index (χ4n) is 3.63. The summed E-state index contributed by atoms with van der Waals surface area (Å²) in [5.74, 6) is 0.812. The summed E-state index contributed by atoms with van der Waals surface area (Å²) >= 11 is 1.21. The first-order valence-corrected chi connectivity index (χ1v) is 12.6. The predicted molar refractivity (Wildman–Crippen MR) is 145 cm³/mol. The van der Waals surface area contributed by atoms with Gasteiger partial charge in [0.15, 0.2) is 11.0 Å². The van der Waals surface area contributed by atoms with E-state index in [4.69, 9.17) is 4.74 Å². The van der Waals surface area contributed by atoms with Crippen LogP contribution in [0.4, 0.5) is 11.4 Å². The second-order valence-corrected chi connectivity index (χ2v) is 9.34. The molecule has 2 N–H and O–H groups in total. The molecular weight excluding hydrogens is 488 g/mol. The number of methoxy groups -OCH3 is 1. The molecule has 10 heteroatoms. The molecule has 0 saturated carbocycles. The largest absolute Gasteiger partial charge is 0.497 e. The van der Waals surface area contributed by atoms with Crippen molar-refractivity contribution in [1.82, 2.24) is 19.7 Å². The number of nitrogens with zero attached hydrogens (tertiary/aromatic N) is 4.